The molecule has 3 fully saturated rings. The molecule has 2 atom stereocenters. The number of pyridine rings is 1. The van der Waals surface area contributed by atoms with Crippen LogP contribution in [0.25, 0.3) is 16.8 Å². The summed E-state index contributed by atoms with van der Waals surface area (Å²) in [6, 6.07) is 10.8. The molecule has 8 nitrogen and oxygen atoms in total. The molecule has 2 unspecified atom stereocenters. The maximum absolute atomic E-state index is 12.9. The number of benzene rings is 1. The smallest absolute Gasteiger partial charge is 0.387 e. The number of carbonyl (C=O) groups is 1. The van der Waals surface area contributed by atoms with Gasteiger partial charge in [-0.15, -0.1) is 0 Å². The van der Waals surface area contributed by atoms with Gasteiger partial charge in [0.25, 0.3) is 0 Å². The van der Waals surface area contributed by atoms with Crippen molar-refractivity contribution in [1.29, 1.82) is 0 Å². The summed E-state index contributed by atoms with van der Waals surface area (Å²) >= 11 is 0. The fraction of sp³-hybridized carbons (Fsp3) is 0.333. The molecule has 1 aromatic carbocycles. The molecule has 37 heavy (non-hydrogen) atoms. The van der Waals surface area contributed by atoms with Crippen LogP contribution >= 0.6 is 0 Å². The first-order chi connectivity index (χ1) is 17.9. The van der Waals surface area contributed by atoms with E-state index in [1.54, 1.807) is 36.7 Å². The molecule has 190 valence electrons. The number of amides is 1. The summed E-state index contributed by atoms with van der Waals surface area (Å²) in [4.78, 5) is 28.2. The first-order valence-electron chi connectivity index (χ1n) is 12.3. The fourth-order valence-corrected chi connectivity index (χ4v) is 5.28. The minimum atomic E-state index is -2.89. The lowest BCUT2D eigenvalue weighted by molar-refractivity contribution is -0.126. The first kappa shape index (κ1) is 23.3. The van der Waals surface area contributed by atoms with Crippen molar-refractivity contribution in [3.8, 4) is 16.9 Å². The monoisotopic (exact) mass is 504 g/mol. The Morgan fingerprint density at radius 2 is 1.89 bits per heavy atom. The number of hydrogen-bond donors (Lipinski definition) is 1. The minimum absolute atomic E-state index is 0.0245. The van der Waals surface area contributed by atoms with Gasteiger partial charge >= 0.3 is 6.61 Å². The molecule has 0 saturated carbocycles. The SMILES string of the molecule is Cc1nc2ccc(-c3cnc(N4CC5CCC(C4)C(=O)N5)nc3)cn2c1Cc1ccccc1OC(F)F. The zero-order chi connectivity index (χ0) is 25.5. The standard InChI is InChI=1S/C27H26F2N6O2/c1-16-22(10-17-4-2-3-5-23(17)37-26(28)29)35-14-18(7-9-24(35)32-16)20-11-30-27(31-12-20)34-13-19-6-8-21(15-34)33-25(19)36/h2-5,7,9,11-12,14,19,21,26H,6,8,10,13,15H2,1H3,(H,33,36). The maximum atomic E-state index is 12.9. The Labute approximate surface area is 212 Å². The van der Waals surface area contributed by atoms with Crippen molar-refractivity contribution in [1.82, 2.24) is 24.7 Å². The van der Waals surface area contributed by atoms with E-state index in [9.17, 15) is 13.6 Å². The number of carbonyl (C=O) groups excluding carboxylic acids is 1. The Morgan fingerprint density at radius 3 is 2.68 bits per heavy atom. The normalized spacial score (nSPS) is 19.4. The van der Waals surface area contributed by atoms with E-state index < -0.39 is 6.61 Å². The first-order valence-corrected chi connectivity index (χ1v) is 12.3. The van der Waals surface area contributed by atoms with Gasteiger partial charge in [-0.05, 0) is 38.0 Å². The highest BCUT2D eigenvalue weighted by Crippen LogP contribution is 2.28. The van der Waals surface area contributed by atoms with Gasteiger partial charge in [-0.1, -0.05) is 18.2 Å². The van der Waals surface area contributed by atoms with Gasteiger partial charge in [-0.3, -0.25) is 4.79 Å². The molecule has 3 aliphatic heterocycles. The van der Waals surface area contributed by atoms with E-state index in [0.717, 1.165) is 41.0 Å². The topological polar surface area (TPSA) is 84.7 Å². The van der Waals surface area contributed by atoms with Crippen LogP contribution in [-0.4, -0.2) is 51.0 Å². The molecule has 2 bridgehead atoms. The summed E-state index contributed by atoms with van der Waals surface area (Å²) in [5.74, 6) is 0.876. The zero-order valence-corrected chi connectivity index (χ0v) is 20.3. The summed E-state index contributed by atoms with van der Waals surface area (Å²) in [6.07, 6.45) is 7.82. The quantitative estimate of drug-likeness (QED) is 0.427. The van der Waals surface area contributed by atoms with Gasteiger partial charge in [0.15, 0.2) is 0 Å². The predicted octanol–water partition coefficient (Wildman–Crippen LogP) is 4.01. The average Bonchev–Trinajstić information content (AvgIpc) is 3.02. The van der Waals surface area contributed by atoms with E-state index in [-0.39, 0.29) is 23.6 Å². The van der Waals surface area contributed by atoms with Crippen LogP contribution in [0.2, 0.25) is 0 Å². The second-order valence-electron chi connectivity index (χ2n) is 9.61. The summed E-state index contributed by atoms with van der Waals surface area (Å²) in [5.41, 5.74) is 4.87. The fourth-order valence-electron chi connectivity index (χ4n) is 5.28. The Balaban J connectivity index is 1.28. The molecule has 3 aliphatic rings. The van der Waals surface area contributed by atoms with Crippen LogP contribution in [-0.2, 0) is 11.2 Å². The molecule has 3 saturated heterocycles. The van der Waals surface area contributed by atoms with Gasteiger partial charge in [0.05, 0.1) is 11.6 Å². The lowest BCUT2D eigenvalue weighted by Crippen LogP contribution is -2.43. The third-order valence-corrected chi connectivity index (χ3v) is 7.18. The number of nitrogens with zero attached hydrogens (tertiary/aromatic N) is 5. The highest BCUT2D eigenvalue weighted by atomic mass is 19.3. The summed E-state index contributed by atoms with van der Waals surface area (Å²) in [5, 5.41) is 3.08. The highest BCUT2D eigenvalue weighted by molar-refractivity contribution is 5.81. The number of imidazole rings is 1. The van der Waals surface area contributed by atoms with Crippen molar-refractivity contribution in [2.75, 3.05) is 18.0 Å². The molecule has 0 radical (unpaired) electrons. The number of nitrogens with one attached hydrogen (secondary N) is 1. The van der Waals surface area contributed by atoms with Crippen LogP contribution in [0.1, 0.15) is 29.8 Å². The molecular formula is C27H26F2N6O2. The zero-order valence-electron chi connectivity index (χ0n) is 20.3. The van der Waals surface area contributed by atoms with E-state index in [2.05, 4.69) is 25.2 Å². The number of para-hydroxylation sites is 1. The lowest BCUT2D eigenvalue weighted by Gasteiger charge is -2.22. The van der Waals surface area contributed by atoms with Crippen LogP contribution in [0.15, 0.2) is 55.0 Å². The van der Waals surface area contributed by atoms with Crippen LogP contribution in [0.5, 0.6) is 5.75 Å². The van der Waals surface area contributed by atoms with Gasteiger partial charge in [-0.2, -0.15) is 8.78 Å². The molecule has 1 N–H and O–H groups in total. The Hall–Kier alpha value is -4.08. The second kappa shape index (κ2) is 9.42. The number of aromatic nitrogens is 4. The number of anilines is 1. The molecule has 0 aliphatic carbocycles. The third-order valence-electron chi connectivity index (χ3n) is 7.18. The van der Waals surface area contributed by atoms with E-state index in [0.29, 0.717) is 31.0 Å². The minimum Gasteiger partial charge on any atom is -0.435 e. The van der Waals surface area contributed by atoms with E-state index >= 15 is 0 Å². The molecule has 10 heteroatoms. The molecule has 3 aromatic heterocycles. The van der Waals surface area contributed by atoms with Crippen molar-refractivity contribution in [3.05, 3.63) is 71.9 Å². The van der Waals surface area contributed by atoms with E-state index in [4.69, 9.17) is 4.74 Å². The number of alkyl halides is 2. The van der Waals surface area contributed by atoms with Crippen molar-refractivity contribution < 1.29 is 18.3 Å². The molecular weight excluding hydrogens is 478 g/mol. The van der Waals surface area contributed by atoms with Crippen molar-refractivity contribution >= 4 is 17.5 Å². The van der Waals surface area contributed by atoms with Gasteiger partial charge in [0.1, 0.15) is 11.4 Å². The van der Waals surface area contributed by atoms with Gasteiger partial charge in [-0.25, -0.2) is 15.0 Å². The number of rotatable bonds is 6. The molecule has 4 aromatic rings. The molecule has 1 amide bonds. The lowest BCUT2D eigenvalue weighted by atomic mass is 9.96. The van der Waals surface area contributed by atoms with E-state index in [1.807, 2.05) is 29.7 Å². The number of ether oxygens (including phenoxy) is 1. The predicted molar refractivity (Wildman–Crippen MR) is 134 cm³/mol. The maximum Gasteiger partial charge on any atom is 0.387 e. The van der Waals surface area contributed by atoms with Crippen LogP contribution in [0.3, 0.4) is 0 Å². The summed E-state index contributed by atoms with van der Waals surface area (Å²) < 4.78 is 32.5. The Kier molecular flexibility index (Phi) is 5.94. The summed E-state index contributed by atoms with van der Waals surface area (Å²) in [7, 11) is 0. The average molecular weight is 505 g/mol. The van der Waals surface area contributed by atoms with Crippen molar-refractivity contribution in [2.24, 2.45) is 5.92 Å². The second-order valence-corrected chi connectivity index (χ2v) is 9.61. The Bertz CT molecular complexity index is 1460. The van der Waals surface area contributed by atoms with E-state index in [1.165, 1.54) is 0 Å². The van der Waals surface area contributed by atoms with Crippen LogP contribution in [0.4, 0.5) is 14.7 Å². The number of piperidine rings is 1. The van der Waals surface area contributed by atoms with Crippen LogP contribution in [0, 0.1) is 12.8 Å². The van der Waals surface area contributed by atoms with Crippen molar-refractivity contribution in [2.45, 2.75) is 38.8 Å². The third kappa shape index (κ3) is 4.59. The Morgan fingerprint density at radius 1 is 1.08 bits per heavy atom. The van der Waals surface area contributed by atoms with Crippen molar-refractivity contribution in [3.63, 3.8) is 0 Å². The number of halogens is 2. The van der Waals surface area contributed by atoms with Gasteiger partial charge in [0, 0.05) is 66.5 Å². The van der Waals surface area contributed by atoms with Crippen LogP contribution < -0.4 is 15.0 Å². The number of hydrogen-bond acceptors (Lipinski definition) is 6. The summed E-state index contributed by atoms with van der Waals surface area (Å²) in [6.45, 7) is 0.356. The molecule has 0 spiro atoms. The largest absolute Gasteiger partial charge is 0.435 e. The number of aryl methyl sites for hydroxylation is 1. The highest BCUT2D eigenvalue weighted by Gasteiger charge is 2.35. The molecule has 6 heterocycles. The number of fused-ring (bicyclic) bond motifs is 5. The van der Waals surface area contributed by atoms with Gasteiger partial charge < -0.3 is 19.4 Å². The molecule has 7 rings (SSSR count). The van der Waals surface area contributed by atoms with Gasteiger partial charge in [0.2, 0.25) is 11.9 Å².